The molecular weight excluding hydrogens is 402 g/mol. The highest BCUT2D eigenvalue weighted by molar-refractivity contribution is 5.68. The number of aromatic nitrogens is 2. The number of ether oxygens (including phenoxy) is 1. The van der Waals surface area contributed by atoms with E-state index in [0.29, 0.717) is 19.0 Å². The Morgan fingerprint density at radius 1 is 1.09 bits per heavy atom. The molecule has 2 aliphatic rings. The van der Waals surface area contributed by atoms with Gasteiger partial charge in [-0.25, -0.2) is 14.8 Å². The standard InChI is InChI=1S/C25H35N5O2/c1-17-11-18(2)13-20(12-17)27-22-26-14-19-15-30(16-21(19)28-22)25(6)7-9-29(10-8-25)23(31)32-24(3,4)5/h11-14H,7-10,15-16H2,1-6H3,(H,26,27,28). The lowest BCUT2D eigenvalue weighted by molar-refractivity contribution is -0.00343. The number of aryl methyl sites for hydroxylation is 2. The third-order valence-corrected chi connectivity index (χ3v) is 6.39. The minimum absolute atomic E-state index is 0.0282. The van der Waals surface area contributed by atoms with Crippen molar-refractivity contribution in [3.05, 3.63) is 46.8 Å². The van der Waals surface area contributed by atoms with Gasteiger partial charge in [-0.05, 0) is 77.6 Å². The zero-order chi connectivity index (χ0) is 23.1. The van der Waals surface area contributed by atoms with Crippen LogP contribution in [-0.2, 0) is 17.8 Å². The number of benzene rings is 1. The number of carbonyl (C=O) groups is 1. The van der Waals surface area contributed by atoms with Crippen molar-refractivity contribution >= 4 is 17.7 Å². The van der Waals surface area contributed by atoms with Gasteiger partial charge in [0.15, 0.2) is 0 Å². The van der Waals surface area contributed by atoms with E-state index in [1.807, 2.05) is 31.9 Å². The number of anilines is 2. The Morgan fingerprint density at radius 2 is 1.75 bits per heavy atom. The maximum atomic E-state index is 12.4. The van der Waals surface area contributed by atoms with E-state index in [0.717, 1.165) is 37.3 Å². The first-order chi connectivity index (χ1) is 15.0. The van der Waals surface area contributed by atoms with E-state index in [9.17, 15) is 4.79 Å². The van der Waals surface area contributed by atoms with Crippen molar-refractivity contribution in [3.8, 4) is 0 Å². The maximum Gasteiger partial charge on any atom is 0.410 e. The molecule has 2 aliphatic heterocycles. The second-order valence-corrected chi connectivity index (χ2v) is 10.5. The van der Waals surface area contributed by atoms with Crippen LogP contribution in [0.4, 0.5) is 16.4 Å². The van der Waals surface area contributed by atoms with Gasteiger partial charge >= 0.3 is 6.09 Å². The predicted octanol–water partition coefficient (Wildman–Crippen LogP) is 4.94. The number of likely N-dealkylation sites (tertiary alicyclic amines) is 1. The molecule has 0 unspecified atom stereocenters. The second-order valence-electron chi connectivity index (χ2n) is 10.5. The van der Waals surface area contributed by atoms with Gasteiger partial charge in [-0.3, -0.25) is 4.90 Å². The van der Waals surface area contributed by atoms with Gasteiger partial charge in [-0.1, -0.05) is 6.07 Å². The Bertz CT molecular complexity index is 986. The van der Waals surface area contributed by atoms with Gasteiger partial charge in [0.1, 0.15) is 5.60 Å². The van der Waals surface area contributed by atoms with Crippen molar-refractivity contribution in [1.29, 1.82) is 0 Å². The summed E-state index contributed by atoms with van der Waals surface area (Å²) in [6.07, 6.45) is 3.58. The average molecular weight is 438 g/mol. The van der Waals surface area contributed by atoms with Crippen LogP contribution in [0.1, 0.15) is 62.9 Å². The largest absolute Gasteiger partial charge is 0.444 e. The molecule has 0 bridgehead atoms. The van der Waals surface area contributed by atoms with Crippen LogP contribution in [0.2, 0.25) is 0 Å². The van der Waals surface area contributed by atoms with Gasteiger partial charge in [0.25, 0.3) is 0 Å². The Kier molecular flexibility index (Phi) is 5.88. The van der Waals surface area contributed by atoms with E-state index in [-0.39, 0.29) is 11.6 Å². The summed E-state index contributed by atoms with van der Waals surface area (Å²) in [4.78, 5) is 26.1. The molecule has 0 atom stereocenters. The number of fused-ring (bicyclic) bond motifs is 1. The Hall–Kier alpha value is -2.67. The number of hydrogen-bond donors (Lipinski definition) is 1. The summed E-state index contributed by atoms with van der Waals surface area (Å²) in [5.41, 5.74) is 5.28. The minimum Gasteiger partial charge on any atom is -0.444 e. The summed E-state index contributed by atoms with van der Waals surface area (Å²) in [7, 11) is 0. The molecular formula is C25H35N5O2. The molecule has 7 heteroatoms. The molecule has 172 valence electrons. The van der Waals surface area contributed by atoms with Crippen LogP contribution in [0.3, 0.4) is 0 Å². The van der Waals surface area contributed by atoms with E-state index in [4.69, 9.17) is 9.72 Å². The maximum absolute atomic E-state index is 12.4. The number of carbonyl (C=O) groups excluding carboxylic acids is 1. The molecule has 1 aromatic heterocycles. The molecule has 1 N–H and O–H groups in total. The van der Waals surface area contributed by atoms with Gasteiger partial charge in [0.2, 0.25) is 5.95 Å². The van der Waals surface area contributed by atoms with Crippen molar-refractivity contribution in [1.82, 2.24) is 19.8 Å². The van der Waals surface area contributed by atoms with Gasteiger partial charge < -0.3 is 15.0 Å². The molecule has 1 amide bonds. The Balaban J connectivity index is 1.39. The van der Waals surface area contributed by atoms with Crippen molar-refractivity contribution in [2.24, 2.45) is 0 Å². The van der Waals surface area contributed by atoms with E-state index in [1.165, 1.54) is 16.7 Å². The average Bonchev–Trinajstić information content (AvgIpc) is 3.10. The molecule has 2 aromatic rings. The van der Waals surface area contributed by atoms with Gasteiger partial charge in [-0.2, -0.15) is 0 Å². The fraction of sp³-hybridized carbons (Fsp3) is 0.560. The quantitative estimate of drug-likeness (QED) is 0.733. The van der Waals surface area contributed by atoms with Crippen LogP contribution in [0.15, 0.2) is 24.4 Å². The second kappa shape index (κ2) is 8.35. The van der Waals surface area contributed by atoms with Crippen LogP contribution >= 0.6 is 0 Å². The van der Waals surface area contributed by atoms with Crippen molar-refractivity contribution in [2.75, 3.05) is 18.4 Å². The number of nitrogens with one attached hydrogen (secondary N) is 1. The highest BCUT2D eigenvalue weighted by Crippen LogP contribution is 2.36. The summed E-state index contributed by atoms with van der Waals surface area (Å²) in [6.45, 7) is 15.3. The summed E-state index contributed by atoms with van der Waals surface area (Å²) in [5.74, 6) is 0.639. The molecule has 1 saturated heterocycles. The molecule has 0 radical (unpaired) electrons. The fourth-order valence-electron chi connectivity index (χ4n) is 4.58. The fourth-order valence-corrected chi connectivity index (χ4v) is 4.58. The monoisotopic (exact) mass is 437 g/mol. The number of amides is 1. The van der Waals surface area contributed by atoms with Crippen LogP contribution in [0.25, 0.3) is 0 Å². The van der Waals surface area contributed by atoms with Gasteiger partial charge in [0, 0.05) is 49.2 Å². The molecule has 0 saturated carbocycles. The van der Waals surface area contributed by atoms with E-state index in [2.05, 4.69) is 54.2 Å². The van der Waals surface area contributed by atoms with Crippen LogP contribution in [0, 0.1) is 13.8 Å². The molecule has 1 fully saturated rings. The van der Waals surface area contributed by atoms with E-state index < -0.39 is 5.60 Å². The Labute approximate surface area is 191 Å². The molecule has 32 heavy (non-hydrogen) atoms. The van der Waals surface area contributed by atoms with E-state index in [1.54, 1.807) is 0 Å². The molecule has 4 rings (SSSR count). The number of rotatable bonds is 3. The van der Waals surface area contributed by atoms with Crippen molar-refractivity contribution in [2.45, 2.75) is 78.6 Å². The zero-order valence-electron chi connectivity index (χ0n) is 20.2. The third-order valence-electron chi connectivity index (χ3n) is 6.39. The molecule has 0 spiro atoms. The summed E-state index contributed by atoms with van der Waals surface area (Å²) in [5, 5.41) is 3.36. The third kappa shape index (κ3) is 5.04. The minimum atomic E-state index is -0.462. The van der Waals surface area contributed by atoms with E-state index >= 15 is 0 Å². The predicted molar refractivity (Wildman–Crippen MR) is 126 cm³/mol. The molecule has 1 aromatic carbocycles. The van der Waals surface area contributed by atoms with Crippen LogP contribution in [-0.4, -0.2) is 50.1 Å². The summed E-state index contributed by atoms with van der Waals surface area (Å²) in [6, 6.07) is 6.37. The molecule has 3 heterocycles. The first-order valence-electron chi connectivity index (χ1n) is 11.4. The summed E-state index contributed by atoms with van der Waals surface area (Å²) < 4.78 is 5.55. The highest BCUT2D eigenvalue weighted by Gasteiger charge is 2.40. The lowest BCUT2D eigenvalue weighted by Gasteiger charge is -2.45. The van der Waals surface area contributed by atoms with Crippen LogP contribution in [0.5, 0.6) is 0 Å². The zero-order valence-corrected chi connectivity index (χ0v) is 20.2. The lowest BCUT2D eigenvalue weighted by Crippen LogP contribution is -2.53. The van der Waals surface area contributed by atoms with Crippen molar-refractivity contribution < 1.29 is 9.53 Å². The number of hydrogen-bond acceptors (Lipinski definition) is 6. The smallest absolute Gasteiger partial charge is 0.410 e. The lowest BCUT2D eigenvalue weighted by atomic mass is 9.88. The first kappa shape index (κ1) is 22.5. The molecule has 0 aliphatic carbocycles. The Morgan fingerprint density at radius 3 is 2.38 bits per heavy atom. The van der Waals surface area contributed by atoms with Gasteiger partial charge in [0.05, 0.1) is 5.69 Å². The van der Waals surface area contributed by atoms with Crippen LogP contribution < -0.4 is 5.32 Å². The molecule has 7 nitrogen and oxygen atoms in total. The van der Waals surface area contributed by atoms with Gasteiger partial charge in [-0.15, -0.1) is 0 Å². The SMILES string of the molecule is Cc1cc(C)cc(Nc2ncc3c(n2)CN(C2(C)CCN(C(=O)OC(C)(C)C)CC2)C3)c1. The first-order valence-corrected chi connectivity index (χ1v) is 11.4. The summed E-state index contributed by atoms with van der Waals surface area (Å²) >= 11 is 0. The number of piperidine rings is 1. The number of nitrogens with zero attached hydrogens (tertiary/aromatic N) is 4. The highest BCUT2D eigenvalue weighted by atomic mass is 16.6. The van der Waals surface area contributed by atoms with Crippen molar-refractivity contribution in [3.63, 3.8) is 0 Å². The topological polar surface area (TPSA) is 70.6 Å². The normalized spacial score (nSPS) is 18.4.